The second-order valence-corrected chi connectivity index (χ2v) is 19.9. The Hall–Kier alpha value is -4.79. The fourth-order valence-corrected chi connectivity index (χ4v) is 11.9. The minimum absolute atomic E-state index is 0.105. The summed E-state index contributed by atoms with van der Waals surface area (Å²) >= 11 is 1.55. The van der Waals surface area contributed by atoms with Crippen LogP contribution in [-0.2, 0) is 23.0 Å². The van der Waals surface area contributed by atoms with Crippen molar-refractivity contribution in [3.63, 3.8) is 0 Å². The molecule has 4 fully saturated rings. The van der Waals surface area contributed by atoms with Crippen LogP contribution in [0.25, 0.3) is 10.2 Å². The number of ketones is 1. The highest BCUT2D eigenvalue weighted by atomic mass is 32.1. The highest BCUT2D eigenvalue weighted by Crippen LogP contribution is 2.54. The molecule has 1 saturated heterocycles. The number of likely N-dealkylation sites (tertiary alicyclic amines) is 1. The molecular weight excluding hydrogens is 804 g/mol. The summed E-state index contributed by atoms with van der Waals surface area (Å²) in [5, 5.41) is 14.7. The molecule has 61 heavy (non-hydrogen) atoms. The van der Waals surface area contributed by atoms with Gasteiger partial charge in [0, 0.05) is 43.2 Å². The lowest BCUT2D eigenvalue weighted by Crippen LogP contribution is -2.62. The SMILES string of the molecule is C=C1CCC(N2C(=O)c3cccc(CCC4CC5(C4)CN(CC4CCC(c6nc7cc(C(C)(C)O)c(NC(=O)c8cccc(C(F)(F)F)n8)cc7s6)CC4)C5)c3C2=O)C(=O)C1. The maximum atomic E-state index is 13.6. The predicted molar refractivity (Wildman–Crippen MR) is 225 cm³/mol. The largest absolute Gasteiger partial charge is 0.433 e. The lowest BCUT2D eigenvalue weighted by Gasteiger charge is -2.60. The third kappa shape index (κ3) is 8.07. The quantitative estimate of drug-likeness (QED) is 0.119. The number of hydrogen-bond acceptors (Lipinski definition) is 9. The molecule has 3 saturated carbocycles. The van der Waals surface area contributed by atoms with Gasteiger partial charge in [-0.1, -0.05) is 30.4 Å². The third-order valence-corrected chi connectivity index (χ3v) is 14.9. The number of nitrogens with zero attached hydrogens (tertiary/aromatic N) is 4. The Morgan fingerprint density at radius 2 is 1.70 bits per heavy atom. The minimum Gasteiger partial charge on any atom is -0.386 e. The topological polar surface area (TPSA) is 133 Å². The number of allylic oxidation sites excluding steroid dienone is 1. The number of carbonyl (C=O) groups is 4. The number of amides is 3. The van der Waals surface area contributed by atoms with Crippen LogP contribution in [0.5, 0.6) is 0 Å². The van der Waals surface area contributed by atoms with E-state index < -0.39 is 29.4 Å². The summed E-state index contributed by atoms with van der Waals surface area (Å²) in [6.07, 6.45) is 4.98. The summed E-state index contributed by atoms with van der Waals surface area (Å²) in [5.74, 6) is -0.0667. The average molecular weight is 854 g/mol. The van der Waals surface area contributed by atoms with Crippen LogP contribution in [0.2, 0.25) is 0 Å². The molecule has 2 aromatic heterocycles. The van der Waals surface area contributed by atoms with Gasteiger partial charge in [0.05, 0.1) is 38.0 Å². The zero-order chi connectivity index (χ0) is 43.0. The average Bonchev–Trinajstić information content (AvgIpc) is 3.71. The molecule has 0 bridgehead atoms. The van der Waals surface area contributed by atoms with E-state index in [-0.39, 0.29) is 29.7 Å². The molecule has 10 nitrogen and oxygen atoms in total. The molecule has 9 rings (SSSR count). The normalized spacial score (nSPS) is 23.4. The summed E-state index contributed by atoms with van der Waals surface area (Å²) in [7, 11) is 0. The fraction of sp³-hybridized carbons (Fsp3) is 0.489. The summed E-state index contributed by atoms with van der Waals surface area (Å²) in [6, 6.07) is 11.5. The van der Waals surface area contributed by atoms with Crippen LogP contribution in [0.3, 0.4) is 0 Å². The lowest BCUT2D eigenvalue weighted by molar-refractivity contribution is -0.141. The summed E-state index contributed by atoms with van der Waals surface area (Å²) < 4.78 is 40.6. The number of imide groups is 1. The van der Waals surface area contributed by atoms with Crippen molar-refractivity contribution in [2.24, 2.45) is 17.3 Å². The number of nitrogens with one attached hydrogen (secondary N) is 1. The summed E-state index contributed by atoms with van der Waals surface area (Å²) in [6.45, 7) is 10.4. The van der Waals surface area contributed by atoms with Crippen molar-refractivity contribution in [2.45, 2.75) is 108 Å². The molecule has 1 unspecified atom stereocenters. The van der Waals surface area contributed by atoms with Gasteiger partial charge in [0.1, 0.15) is 11.4 Å². The predicted octanol–water partition coefficient (Wildman–Crippen LogP) is 9.08. The van der Waals surface area contributed by atoms with Gasteiger partial charge in [-0.05, 0) is 131 Å². The Morgan fingerprint density at radius 1 is 0.967 bits per heavy atom. The van der Waals surface area contributed by atoms with Crippen molar-refractivity contribution in [3.8, 4) is 0 Å². The molecule has 1 spiro atoms. The molecular formula is C47H50F3N5O5S. The van der Waals surface area contributed by atoms with Crippen molar-refractivity contribution in [3.05, 3.63) is 99.3 Å². The van der Waals surface area contributed by atoms with E-state index in [0.29, 0.717) is 63.9 Å². The van der Waals surface area contributed by atoms with E-state index >= 15 is 0 Å². The number of fused-ring (bicyclic) bond motifs is 2. The first kappa shape index (κ1) is 41.6. The van der Waals surface area contributed by atoms with Crippen LogP contribution in [0.15, 0.2) is 60.7 Å². The van der Waals surface area contributed by atoms with Gasteiger partial charge in [-0.3, -0.25) is 24.1 Å². The number of hydrogen-bond donors (Lipinski definition) is 2. The van der Waals surface area contributed by atoms with Crippen LogP contribution in [-0.4, -0.2) is 74.1 Å². The Balaban J connectivity index is 0.753. The van der Waals surface area contributed by atoms with Gasteiger partial charge in [-0.15, -0.1) is 11.3 Å². The zero-order valence-corrected chi connectivity index (χ0v) is 35.3. The molecule has 2 aliphatic heterocycles. The number of Topliss-reactive ketones (excluding diaryl/α,β-unsaturated/α-hetero) is 1. The molecule has 0 radical (unpaired) electrons. The first-order chi connectivity index (χ1) is 28.9. The molecule has 4 heterocycles. The van der Waals surface area contributed by atoms with E-state index in [1.807, 2.05) is 12.1 Å². The molecule has 3 aliphatic carbocycles. The van der Waals surface area contributed by atoms with Gasteiger partial charge < -0.3 is 15.3 Å². The van der Waals surface area contributed by atoms with Crippen LogP contribution in [0.1, 0.15) is 137 Å². The summed E-state index contributed by atoms with van der Waals surface area (Å²) in [4.78, 5) is 65.1. The van der Waals surface area contributed by atoms with Gasteiger partial charge >= 0.3 is 6.18 Å². The number of aryl methyl sites for hydroxylation is 1. The van der Waals surface area contributed by atoms with Crippen LogP contribution in [0, 0.1) is 17.3 Å². The van der Waals surface area contributed by atoms with Crippen LogP contribution < -0.4 is 5.32 Å². The van der Waals surface area contributed by atoms with E-state index in [0.717, 1.165) is 91.1 Å². The number of aromatic nitrogens is 2. The number of halogens is 3. The third-order valence-electron chi connectivity index (χ3n) is 13.7. The van der Waals surface area contributed by atoms with E-state index in [1.165, 1.54) is 23.8 Å². The molecule has 2 N–H and O–H groups in total. The van der Waals surface area contributed by atoms with Crippen molar-refractivity contribution < 1.29 is 37.5 Å². The van der Waals surface area contributed by atoms with Gasteiger partial charge in [0.15, 0.2) is 5.78 Å². The second-order valence-electron chi connectivity index (χ2n) is 18.8. The number of carbonyl (C=O) groups excluding carboxylic acids is 4. The highest BCUT2D eigenvalue weighted by Gasteiger charge is 2.52. The fourth-order valence-electron chi connectivity index (χ4n) is 10.7. The van der Waals surface area contributed by atoms with E-state index in [1.54, 1.807) is 43.4 Å². The number of aliphatic hydroxyl groups is 1. The molecule has 14 heteroatoms. The Kier molecular flexibility index (Phi) is 10.6. The molecule has 4 aromatic rings. The lowest BCUT2D eigenvalue weighted by atomic mass is 9.56. The van der Waals surface area contributed by atoms with E-state index in [2.05, 4.69) is 21.8 Å². The van der Waals surface area contributed by atoms with Gasteiger partial charge in [0.25, 0.3) is 17.7 Å². The van der Waals surface area contributed by atoms with Crippen LogP contribution >= 0.6 is 11.3 Å². The highest BCUT2D eigenvalue weighted by molar-refractivity contribution is 7.18. The molecule has 3 amide bonds. The monoisotopic (exact) mass is 853 g/mol. The first-order valence-corrected chi connectivity index (χ1v) is 22.2. The number of rotatable bonds is 10. The number of thiazole rings is 1. The van der Waals surface area contributed by atoms with Crippen LogP contribution in [0.4, 0.5) is 18.9 Å². The zero-order valence-electron chi connectivity index (χ0n) is 34.4. The maximum absolute atomic E-state index is 13.6. The molecule has 2 aromatic carbocycles. The number of alkyl halides is 3. The minimum atomic E-state index is -4.69. The molecule has 320 valence electrons. The maximum Gasteiger partial charge on any atom is 0.433 e. The van der Waals surface area contributed by atoms with Crippen molar-refractivity contribution in [1.82, 2.24) is 19.8 Å². The molecule has 1 atom stereocenters. The smallest absolute Gasteiger partial charge is 0.386 e. The van der Waals surface area contributed by atoms with Crippen molar-refractivity contribution >= 4 is 50.7 Å². The van der Waals surface area contributed by atoms with E-state index in [9.17, 15) is 37.5 Å². The Labute approximate surface area is 356 Å². The standard InChI is InChI=1S/C47H50F3N5O5S/c1-26-10-17-36(37(56)18-26)55-43(58)31-7-4-6-29(40(31)44(55)59)14-13-28-21-46(22-28)24-54(25-46)23-27-11-15-30(16-12-27)42-53-35-19-32(45(2,3)60)34(20-38(35)61-42)52-41(57)33-8-5-9-39(51-33)47(48,49)50/h4-9,19-20,27-28,30,36,60H,1,10-18,21-25H2,2-3H3,(H,52,57). The Bertz CT molecular complexity index is 2450. The number of benzene rings is 2. The van der Waals surface area contributed by atoms with Gasteiger partial charge in [-0.25, -0.2) is 9.97 Å². The number of pyridine rings is 1. The Morgan fingerprint density at radius 3 is 2.41 bits per heavy atom. The first-order valence-electron chi connectivity index (χ1n) is 21.4. The van der Waals surface area contributed by atoms with Crippen molar-refractivity contribution in [1.29, 1.82) is 0 Å². The van der Waals surface area contributed by atoms with Crippen molar-refractivity contribution in [2.75, 3.05) is 25.0 Å². The second kappa shape index (κ2) is 15.5. The van der Waals surface area contributed by atoms with E-state index in [4.69, 9.17) is 4.98 Å². The molecule has 5 aliphatic rings. The van der Waals surface area contributed by atoms with Gasteiger partial charge in [-0.2, -0.15) is 13.2 Å². The van der Waals surface area contributed by atoms with Gasteiger partial charge in [0.2, 0.25) is 0 Å². The number of anilines is 1. The summed E-state index contributed by atoms with van der Waals surface area (Å²) in [5.41, 5.74) is 1.59.